The topological polar surface area (TPSA) is 124 Å². The van der Waals surface area contributed by atoms with E-state index in [1.807, 2.05) is 0 Å². The van der Waals surface area contributed by atoms with Gasteiger partial charge in [0.2, 0.25) is 15.9 Å². The lowest BCUT2D eigenvalue weighted by Gasteiger charge is -2.19. The van der Waals surface area contributed by atoms with E-state index in [1.54, 1.807) is 0 Å². The fourth-order valence-corrected chi connectivity index (χ4v) is 3.47. The Hall–Kier alpha value is -2.07. The van der Waals surface area contributed by atoms with Crippen LogP contribution >= 0.6 is 0 Å². The molecular weight excluding hydrogens is 317 g/mol. The van der Waals surface area contributed by atoms with Crippen molar-refractivity contribution in [3.8, 4) is 0 Å². The summed E-state index contributed by atoms with van der Waals surface area (Å²) in [6, 6.07) is 1.94. The highest BCUT2D eigenvalue weighted by atomic mass is 32.2. The lowest BCUT2D eigenvalue weighted by molar-refractivity contribution is -0.384. The summed E-state index contributed by atoms with van der Waals surface area (Å²) in [7, 11) is -3.77. The number of anilines is 1. The third-order valence-corrected chi connectivity index (χ3v) is 4.42. The second kappa shape index (κ2) is 5.61. The summed E-state index contributed by atoms with van der Waals surface area (Å²) < 4.78 is 35.9. The first kappa shape index (κ1) is 16.3. The fraction of sp³-hybridized carbons (Fsp3) is 0.417. The van der Waals surface area contributed by atoms with Crippen molar-refractivity contribution < 1.29 is 22.5 Å². The van der Waals surface area contributed by atoms with Gasteiger partial charge < -0.3 is 4.90 Å². The zero-order chi connectivity index (χ0) is 16.7. The Bertz CT molecular complexity index is 749. The van der Waals surface area contributed by atoms with Crippen molar-refractivity contribution >= 4 is 27.3 Å². The summed E-state index contributed by atoms with van der Waals surface area (Å²) in [5.41, 5.74) is -0.561. The highest BCUT2D eigenvalue weighted by molar-refractivity contribution is 7.89. The molecule has 1 amide bonds. The molecule has 1 aliphatic rings. The van der Waals surface area contributed by atoms with Crippen molar-refractivity contribution in [1.82, 2.24) is 0 Å². The fourth-order valence-electron chi connectivity index (χ4n) is 2.59. The first-order chi connectivity index (χ1) is 10.1. The van der Waals surface area contributed by atoms with E-state index in [0.29, 0.717) is 0 Å². The number of carbonyl (C=O) groups excluding carboxylic acids is 1. The SMILES string of the molecule is Cc1c(F)ccc([N+](=O)[O-])c1N1CC(CS(N)(=O)=O)CC1=O. The van der Waals surface area contributed by atoms with Crippen molar-refractivity contribution in [1.29, 1.82) is 0 Å². The average molecular weight is 331 g/mol. The van der Waals surface area contributed by atoms with Gasteiger partial charge in [-0.2, -0.15) is 0 Å². The molecule has 10 heteroatoms. The molecule has 0 bridgehead atoms. The van der Waals surface area contributed by atoms with Gasteiger partial charge in [0, 0.05) is 30.5 Å². The highest BCUT2D eigenvalue weighted by Crippen LogP contribution is 2.37. The van der Waals surface area contributed by atoms with Crippen molar-refractivity contribution in [3.63, 3.8) is 0 Å². The summed E-state index contributed by atoms with van der Waals surface area (Å²) in [4.78, 5) is 23.5. The Kier molecular flexibility index (Phi) is 4.16. The number of hydrogen-bond donors (Lipinski definition) is 1. The molecule has 1 atom stereocenters. The number of rotatable bonds is 4. The summed E-state index contributed by atoms with van der Waals surface area (Å²) >= 11 is 0. The molecule has 1 aliphatic heterocycles. The number of carbonyl (C=O) groups is 1. The van der Waals surface area contributed by atoms with E-state index in [-0.39, 0.29) is 24.2 Å². The molecule has 0 aromatic heterocycles. The summed E-state index contributed by atoms with van der Waals surface area (Å²) in [5, 5.41) is 16.0. The van der Waals surface area contributed by atoms with Gasteiger partial charge in [0.05, 0.1) is 10.7 Å². The number of nitrogens with zero attached hydrogens (tertiary/aromatic N) is 2. The van der Waals surface area contributed by atoms with Gasteiger partial charge >= 0.3 is 0 Å². The van der Waals surface area contributed by atoms with E-state index in [4.69, 9.17) is 5.14 Å². The zero-order valence-corrected chi connectivity index (χ0v) is 12.5. The third-order valence-electron chi connectivity index (χ3n) is 3.48. The zero-order valence-electron chi connectivity index (χ0n) is 11.7. The van der Waals surface area contributed by atoms with Gasteiger partial charge in [-0.15, -0.1) is 0 Å². The van der Waals surface area contributed by atoms with Crippen LogP contribution in [0.25, 0.3) is 0 Å². The van der Waals surface area contributed by atoms with Crippen molar-refractivity contribution in [2.45, 2.75) is 13.3 Å². The number of amides is 1. The van der Waals surface area contributed by atoms with E-state index in [1.165, 1.54) is 6.92 Å². The second-order valence-corrected chi connectivity index (χ2v) is 6.86. The van der Waals surface area contributed by atoms with Crippen LogP contribution in [-0.2, 0) is 14.8 Å². The molecule has 2 N–H and O–H groups in total. The lowest BCUT2D eigenvalue weighted by Crippen LogP contribution is -2.28. The maximum atomic E-state index is 13.7. The first-order valence-corrected chi connectivity index (χ1v) is 8.06. The molecule has 0 radical (unpaired) electrons. The maximum Gasteiger partial charge on any atom is 0.293 e. The van der Waals surface area contributed by atoms with Gasteiger partial charge in [0.25, 0.3) is 5.69 Å². The normalized spacial score (nSPS) is 18.8. The number of primary sulfonamides is 1. The van der Waals surface area contributed by atoms with Crippen LogP contribution in [0.5, 0.6) is 0 Å². The second-order valence-electron chi connectivity index (χ2n) is 5.20. The number of hydrogen-bond acceptors (Lipinski definition) is 5. The number of sulfonamides is 1. The quantitative estimate of drug-likeness (QED) is 0.642. The van der Waals surface area contributed by atoms with E-state index in [0.717, 1.165) is 17.0 Å². The molecule has 0 aliphatic carbocycles. The van der Waals surface area contributed by atoms with Crippen LogP contribution in [0.1, 0.15) is 12.0 Å². The number of nitrogens with two attached hydrogens (primary N) is 1. The Balaban J connectivity index is 2.42. The summed E-state index contributed by atoms with van der Waals surface area (Å²) in [5.74, 6) is -2.16. The molecule has 1 fully saturated rings. The third kappa shape index (κ3) is 3.22. The molecule has 0 saturated carbocycles. The van der Waals surface area contributed by atoms with Crippen LogP contribution in [0.15, 0.2) is 12.1 Å². The summed E-state index contributed by atoms with van der Waals surface area (Å²) in [6.07, 6.45) is -0.108. The predicted octanol–water partition coefficient (Wildman–Crippen LogP) is 0.684. The molecule has 22 heavy (non-hydrogen) atoms. The van der Waals surface area contributed by atoms with Gasteiger partial charge in [-0.05, 0) is 13.0 Å². The standard InChI is InChI=1S/C12H14FN3O5S/c1-7-9(13)2-3-10(16(18)19)12(7)15-5-8(4-11(15)17)6-22(14,20)21/h2-3,8H,4-6H2,1H3,(H2,14,20,21). The minimum atomic E-state index is -3.77. The van der Waals surface area contributed by atoms with Gasteiger partial charge in [0.1, 0.15) is 11.5 Å². The highest BCUT2D eigenvalue weighted by Gasteiger charge is 2.37. The van der Waals surface area contributed by atoms with Crippen molar-refractivity contribution in [2.75, 3.05) is 17.2 Å². The first-order valence-electron chi connectivity index (χ1n) is 6.34. The number of halogens is 1. The molecule has 1 saturated heterocycles. The average Bonchev–Trinajstić information content (AvgIpc) is 2.70. The molecular formula is C12H14FN3O5S. The molecule has 1 aromatic carbocycles. The van der Waals surface area contributed by atoms with E-state index in [2.05, 4.69) is 0 Å². The molecule has 120 valence electrons. The monoisotopic (exact) mass is 331 g/mol. The van der Waals surface area contributed by atoms with Gasteiger partial charge in [-0.3, -0.25) is 14.9 Å². The molecule has 1 unspecified atom stereocenters. The number of nitro groups is 1. The molecule has 2 rings (SSSR count). The van der Waals surface area contributed by atoms with Crippen LogP contribution in [-0.4, -0.2) is 31.5 Å². The molecule has 1 heterocycles. The maximum absolute atomic E-state index is 13.7. The predicted molar refractivity (Wildman–Crippen MR) is 76.2 cm³/mol. The Labute approximate surface area is 125 Å². The van der Waals surface area contributed by atoms with Gasteiger partial charge in [-0.1, -0.05) is 0 Å². The Morgan fingerprint density at radius 1 is 1.50 bits per heavy atom. The Morgan fingerprint density at radius 2 is 2.14 bits per heavy atom. The number of nitro benzene ring substituents is 1. The number of benzene rings is 1. The van der Waals surface area contributed by atoms with Crippen LogP contribution in [0, 0.1) is 28.8 Å². The minimum absolute atomic E-state index is 0.0289. The van der Waals surface area contributed by atoms with E-state index < -0.39 is 44.0 Å². The molecule has 1 aromatic rings. The van der Waals surface area contributed by atoms with Crippen molar-refractivity contribution in [3.05, 3.63) is 33.6 Å². The largest absolute Gasteiger partial charge is 0.306 e. The van der Waals surface area contributed by atoms with Crippen molar-refractivity contribution in [2.24, 2.45) is 11.1 Å². The van der Waals surface area contributed by atoms with Crippen LogP contribution < -0.4 is 10.0 Å². The van der Waals surface area contributed by atoms with Crippen LogP contribution in [0.2, 0.25) is 0 Å². The minimum Gasteiger partial charge on any atom is -0.306 e. The van der Waals surface area contributed by atoms with E-state index >= 15 is 0 Å². The summed E-state index contributed by atoms with van der Waals surface area (Å²) in [6.45, 7) is 1.28. The Morgan fingerprint density at radius 3 is 2.68 bits per heavy atom. The van der Waals surface area contributed by atoms with Crippen LogP contribution in [0.4, 0.5) is 15.8 Å². The molecule has 8 nitrogen and oxygen atoms in total. The smallest absolute Gasteiger partial charge is 0.293 e. The van der Waals surface area contributed by atoms with Gasteiger partial charge in [0.15, 0.2) is 0 Å². The molecule has 0 spiro atoms. The van der Waals surface area contributed by atoms with Gasteiger partial charge in [-0.25, -0.2) is 17.9 Å². The lowest BCUT2D eigenvalue weighted by atomic mass is 10.1. The van der Waals surface area contributed by atoms with E-state index in [9.17, 15) is 27.7 Å². The van der Waals surface area contributed by atoms with Crippen LogP contribution in [0.3, 0.4) is 0 Å².